The van der Waals surface area contributed by atoms with Crippen molar-refractivity contribution in [2.24, 2.45) is 0 Å². The molecule has 3 N–H and O–H groups in total. The Balaban J connectivity index is 2.21. The van der Waals surface area contributed by atoms with E-state index in [1.165, 1.54) is 24.4 Å². The van der Waals surface area contributed by atoms with E-state index in [1.807, 2.05) is 0 Å². The van der Waals surface area contributed by atoms with Gasteiger partial charge in [0, 0.05) is 17.6 Å². The predicted octanol–water partition coefficient (Wildman–Crippen LogP) is 2.36. The summed E-state index contributed by atoms with van der Waals surface area (Å²) < 4.78 is 13.2. The number of carbonyl (C=O) groups excluding carboxylic acids is 1. The fourth-order valence-corrected chi connectivity index (χ4v) is 1.57. The summed E-state index contributed by atoms with van der Waals surface area (Å²) in [6.07, 6.45) is 1.45. The first-order valence-electron chi connectivity index (χ1n) is 5.34. The molecule has 0 saturated carbocycles. The molecule has 0 aliphatic rings. The largest absolute Gasteiger partial charge is 0.399 e. The van der Waals surface area contributed by atoms with Crippen molar-refractivity contribution >= 4 is 17.3 Å². The molecule has 0 atom stereocenters. The summed E-state index contributed by atoms with van der Waals surface area (Å²) in [5.41, 5.74) is 7.32. The van der Waals surface area contributed by atoms with Gasteiger partial charge in [0.15, 0.2) is 0 Å². The molecule has 0 aliphatic carbocycles. The first-order valence-corrected chi connectivity index (χ1v) is 5.34. The number of nitrogens with zero attached hydrogens (tertiary/aromatic N) is 1. The Morgan fingerprint density at radius 2 is 2.11 bits per heavy atom. The van der Waals surface area contributed by atoms with Crippen molar-refractivity contribution < 1.29 is 9.18 Å². The van der Waals surface area contributed by atoms with Crippen LogP contribution in [0.5, 0.6) is 0 Å². The van der Waals surface area contributed by atoms with E-state index in [0.29, 0.717) is 11.4 Å². The zero-order valence-corrected chi connectivity index (χ0v) is 9.77. The molecular formula is C13H12FN3O. The number of aromatic nitrogens is 1. The van der Waals surface area contributed by atoms with Crippen molar-refractivity contribution in [2.75, 3.05) is 11.1 Å². The zero-order chi connectivity index (χ0) is 13.1. The normalized spacial score (nSPS) is 10.1. The van der Waals surface area contributed by atoms with Crippen molar-refractivity contribution in [1.82, 2.24) is 4.98 Å². The van der Waals surface area contributed by atoms with E-state index in [1.54, 1.807) is 19.1 Å². The Hall–Kier alpha value is -2.43. The van der Waals surface area contributed by atoms with E-state index in [-0.39, 0.29) is 5.69 Å². The van der Waals surface area contributed by atoms with Gasteiger partial charge in [0.25, 0.3) is 5.91 Å². The Morgan fingerprint density at radius 3 is 2.78 bits per heavy atom. The minimum absolute atomic E-state index is 0.192. The molecular weight excluding hydrogens is 233 g/mol. The molecule has 2 rings (SSSR count). The Labute approximate surface area is 104 Å². The van der Waals surface area contributed by atoms with E-state index < -0.39 is 11.7 Å². The summed E-state index contributed by atoms with van der Waals surface area (Å²) >= 11 is 0. The standard InChI is InChI=1S/C13H12FN3O/c1-8-4-9(14)6-11(5-8)17-13(18)12-7-10(15)2-3-16-12/h2-7H,1H3,(H2,15,16)(H,17,18). The molecule has 0 bridgehead atoms. The van der Waals surface area contributed by atoms with Crippen LogP contribution in [0.4, 0.5) is 15.8 Å². The second-order valence-corrected chi connectivity index (χ2v) is 3.95. The third-order valence-corrected chi connectivity index (χ3v) is 2.32. The smallest absolute Gasteiger partial charge is 0.274 e. The van der Waals surface area contributed by atoms with Gasteiger partial charge >= 0.3 is 0 Å². The van der Waals surface area contributed by atoms with Gasteiger partial charge in [-0.1, -0.05) is 0 Å². The predicted molar refractivity (Wildman–Crippen MR) is 67.7 cm³/mol. The fourth-order valence-electron chi connectivity index (χ4n) is 1.57. The number of nitrogens with two attached hydrogens (primary N) is 1. The average Bonchev–Trinajstić information content (AvgIpc) is 2.27. The lowest BCUT2D eigenvalue weighted by atomic mass is 10.2. The molecule has 92 valence electrons. The second kappa shape index (κ2) is 4.83. The number of hydrogen-bond acceptors (Lipinski definition) is 3. The van der Waals surface area contributed by atoms with Crippen molar-refractivity contribution in [3.63, 3.8) is 0 Å². The molecule has 5 heteroatoms. The lowest BCUT2D eigenvalue weighted by Gasteiger charge is -2.06. The number of carbonyl (C=O) groups is 1. The van der Waals surface area contributed by atoms with Gasteiger partial charge in [-0.25, -0.2) is 4.39 Å². The van der Waals surface area contributed by atoms with E-state index in [0.717, 1.165) is 5.56 Å². The van der Waals surface area contributed by atoms with Gasteiger partial charge in [0.2, 0.25) is 0 Å². The first-order chi connectivity index (χ1) is 8.54. The summed E-state index contributed by atoms with van der Waals surface area (Å²) in [5, 5.41) is 2.57. The Kier molecular flexibility index (Phi) is 3.23. The maximum atomic E-state index is 13.2. The Bertz CT molecular complexity index is 578. The molecule has 4 nitrogen and oxygen atoms in total. The highest BCUT2D eigenvalue weighted by Gasteiger charge is 2.08. The molecule has 2 aromatic rings. The van der Waals surface area contributed by atoms with Gasteiger partial charge in [-0.2, -0.15) is 0 Å². The highest BCUT2D eigenvalue weighted by molar-refractivity contribution is 6.03. The summed E-state index contributed by atoms with van der Waals surface area (Å²) in [7, 11) is 0. The highest BCUT2D eigenvalue weighted by atomic mass is 19.1. The van der Waals surface area contributed by atoms with Gasteiger partial charge in [-0.15, -0.1) is 0 Å². The van der Waals surface area contributed by atoms with Gasteiger partial charge in [-0.3, -0.25) is 9.78 Å². The number of anilines is 2. The lowest BCUT2D eigenvalue weighted by Crippen LogP contribution is -2.14. The number of rotatable bonds is 2. The number of nitrogen functional groups attached to an aromatic ring is 1. The van der Waals surface area contributed by atoms with E-state index in [2.05, 4.69) is 10.3 Å². The third-order valence-electron chi connectivity index (χ3n) is 2.32. The van der Waals surface area contributed by atoms with Crippen molar-refractivity contribution in [1.29, 1.82) is 0 Å². The molecule has 0 unspecified atom stereocenters. The molecule has 0 fully saturated rings. The number of aryl methyl sites for hydroxylation is 1. The maximum Gasteiger partial charge on any atom is 0.274 e. The second-order valence-electron chi connectivity index (χ2n) is 3.95. The summed E-state index contributed by atoms with van der Waals surface area (Å²) in [6, 6.07) is 7.35. The number of nitrogens with one attached hydrogen (secondary N) is 1. The lowest BCUT2D eigenvalue weighted by molar-refractivity contribution is 0.102. The molecule has 0 radical (unpaired) electrons. The quantitative estimate of drug-likeness (QED) is 0.853. The average molecular weight is 245 g/mol. The van der Waals surface area contributed by atoms with Crippen LogP contribution in [0.2, 0.25) is 0 Å². The maximum absolute atomic E-state index is 13.2. The van der Waals surface area contributed by atoms with Gasteiger partial charge in [0.1, 0.15) is 11.5 Å². The van der Waals surface area contributed by atoms with Crippen molar-refractivity contribution in [3.05, 3.63) is 53.6 Å². The SMILES string of the molecule is Cc1cc(F)cc(NC(=O)c2cc(N)ccn2)c1. The number of halogens is 1. The van der Waals surface area contributed by atoms with Crippen LogP contribution in [0.1, 0.15) is 16.1 Å². The van der Waals surface area contributed by atoms with Crippen LogP contribution < -0.4 is 11.1 Å². The Morgan fingerprint density at radius 1 is 1.33 bits per heavy atom. The summed E-state index contributed by atoms with van der Waals surface area (Å²) in [4.78, 5) is 15.7. The molecule has 1 heterocycles. The molecule has 1 aromatic carbocycles. The van der Waals surface area contributed by atoms with Crippen LogP contribution >= 0.6 is 0 Å². The van der Waals surface area contributed by atoms with Crippen molar-refractivity contribution in [3.8, 4) is 0 Å². The summed E-state index contributed by atoms with van der Waals surface area (Å²) in [5.74, 6) is -0.821. The molecule has 1 amide bonds. The van der Waals surface area contributed by atoms with E-state index >= 15 is 0 Å². The van der Waals surface area contributed by atoms with E-state index in [4.69, 9.17) is 5.73 Å². The number of pyridine rings is 1. The van der Waals surface area contributed by atoms with Gasteiger partial charge in [0.05, 0.1) is 0 Å². The molecule has 1 aromatic heterocycles. The van der Waals surface area contributed by atoms with Crippen LogP contribution in [0.3, 0.4) is 0 Å². The minimum atomic E-state index is -0.424. The zero-order valence-electron chi connectivity index (χ0n) is 9.77. The fraction of sp³-hybridized carbons (Fsp3) is 0.0769. The molecule has 0 aliphatic heterocycles. The first kappa shape index (κ1) is 12.0. The van der Waals surface area contributed by atoms with E-state index in [9.17, 15) is 9.18 Å². The van der Waals surface area contributed by atoms with Crippen molar-refractivity contribution in [2.45, 2.75) is 6.92 Å². The van der Waals surface area contributed by atoms with Crippen LogP contribution in [0.15, 0.2) is 36.5 Å². The summed E-state index contributed by atoms with van der Waals surface area (Å²) in [6.45, 7) is 1.75. The van der Waals surface area contributed by atoms with Gasteiger partial charge in [-0.05, 0) is 42.8 Å². The van der Waals surface area contributed by atoms with Crippen LogP contribution in [-0.4, -0.2) is 10.9 Å². The number of amides is 1. The topological polar surface area (TPSA) is 68.0 Å². The monoisotopic (exact) mass is 245 g/mol. The number of benzene rings is 1. The molecule has 18 heavy (non-hydrogen) atoms. The van der Waals surface area contributed by atoms with Crippen LogP contribution in [0, 0.1) is 12.7 Å². The minimum Gasteiger partial charge on any atom is -0.399 e. The van der Waals surface area contributed by atoms with Crippen LogP contribution in [-0.2, 0) is 0 Å². The third kappa shape index (κ3) is 2.82. The highest BCUT2D eigenvalue weighted by Crippen LogP contribution is 2.14. The number of hydrogen-bond donors (Lipinski definition) is 2. The van der Waals surface area contributed by atoms with Gasteiger partial charge < -0.3 is 11.1 Å². The molecule has 0 saturated heterocycles. The van der Waals surface area contributed by atoms with Crippen LogP contribution in [0.25, 0.3) is 0 Å². The molecule has 0 spiro atoms.